The van der Waals surface area contributed by atoms with E-state index in [1.807, 2.05) is 4.90 Å². The van der Waals surface area contributed by atoms with Crippen molar-refractivity contribution < 1.29 is 14.4 Å². The Bertz CT molecular complexity index is 1110. The number of rotatable bonds is 4. The fraction of sp³-hybridized carbons (Fsp3) is 0.350. The SMILES string of the molecule is NC(=O)C1CCN(c2nc3c(c(=O)[nH]2)C(C(=O)Nc2ccccc2Cl)CC(=O)N3)CC1. The molecule has 11 heteroatoms. The first-order valence-electron chi connectivity index (χ1n) is 9.87. The molecule has 0 spiro atoms. The molecular formula is C20H21ClN6O4. The van der Waals surface area contributed by atoms with Gasteiger partial charge >= 0.3 is 0 Å². The number of amides is 3. The predicted molar refractivity (Wildman–Crippen MR) is 115 cm³/mol. The van der Waals surface area contributed by atoms with Crippen LogP contribution in [0.2, 0.25) is 5.02 Å². The van der Waals surface area contributed by atoms with Crippen molar-refractivity contribution in [1.29, 1.82) is 0 Å². The summed E-state index contributed by atoms with van der Waals surface area (Å²) < 4.78 is 0. The third-order valence-corrected chi connectivity index (χ3v) is 5.91. The van der Waals surface area contributed by atoms with Crippen molar-refractivity contribution in [2.75, 3.05) is 28.6 Å². The predicted octanol–water partition coefficient (Wildman–Crippen LogP) is 1.19. The van der Waals surface area contributed by atoms with E-state index in [0.29, 0.717) is 36.6 Å². The molecular weight excluding hydrogens is 424 g/mol. The number of aromatic amines is 1. The Morgan fingerprint density at radius 1 is 1.19 bits per heavy atom. The molecule has 3 heterocycles. The largest absolute Gasteiger partial charge is 0.369 e. The van der Waals surface area contributed by atoms with Gasteiger partial charge in [0.15, 0.2) is 0 Å². The second-order valence-corrected chi connectivity index (χ2v) is 8.00. The number of halogens is 1. The first-order chi connectivity index (χ1) is 14.8. The molecule has 2 aromatic rings. The normalized spacial score (nSPS) is 18.8. The number of aromatic nitrogens is 2. The van der Waals surface area contributed by atoms with E-state index in [-0.39, 0.29) is 35.6 Å². The zero-order chi connectivity index (χ0) is 22.1. The van der Waals surface area contributed by atoms with Crippen molar-refractivity contribution in [3.8, 4) is 0 Å². The van der Waals surface area contributed by atoms with Crippen LogP contribution in [-0.2, 0) is 14.4 Å². The van der Waals surface area contributed by atoms with Crippen LogP contribution < -0.4 is 26.8 Å². The van der Waals surface area contributed by atoms with Gasteiger partial charge in [0, 0.05) is 25.4 Å². The van der Waals surface area contributed by atoms with Gasteiger partial charge < -0.3 is 21.3 Å². The van der Waals surface area contributed by atoms with Crippen LogP contribution in [0.5, 0.6) is 0 Å². The van der Waals surface area contributed by atoms with Crippen LogP contribution in [-0.4, -0.2) is 40.8 Å². The highest BCUT2D eigenvalue weighted by atomic mass is 35.5. The average molecular weight is 445 g/mol. The summed E-state index contributed by atoms with van der Waals surface area (Å²) in [5, 5.41) is 5.61. The van der Waals surface area contributed by atoms with E-state index < -0.39 is 23.3 Å². The summed E-state index contributed by atoms with van der Waals surface area (Å²) in [6, 6.07) is 6.70. The Morgan fingerprint density at radius 2 is 1.90 bits per heavy atom. The summed E-state index contributed by atoms with van der Waals surface area (Å²) in [7, 11) is 0. The van der Waals surface area contributed by atoms with Crippen LogP contribution in [0.3, 0.4) is 0 Å². The molecule has 2 aliphatic heterocycles. The summed E-state index contributed by atoms with van der Waals surface area (Å²) in [5.41, 5.74) is 5.35. The van der Waals surface area contributed by atoms with Gasteiger partial charge in [0.1, 0.15) is 5.82 Å². The summed E-state index contributed by atoms with van der Waals surface area (Å²) in [4.78, 5) is 58.3. The fourth-order valence-corrected chi connectivity index (χ4v) is 4.07. The molecule has 3 amide bonds. The highest BCUT2D eigenvalue weighted by Gasteiger charge is 2.35. The Hall–Kier alpha value is -3.40. The Balaban J connectivity index is 1.60. The van der Waals surface area contributed by atoms with Gasteiger partial charge in [0.2, 0.25) is 23.7 Å². The highest BCUT2D eigenvalue weighted by molar-refractivity contribution is 6.33. The van der Waals surface area contributed by atoms with Gasteiger partial charge in [0.25, 0.3) is 5.56 Å². The zero-order valence-corrected chi connectivity index (χ0v) is 17.2. The smallest absolute Gasteiger partial charge is 0.258 e. The second kappa shape index (κ2) is 8.38. The van der Waals surface area contributed by atoms with Crippen molar-refractivity contribution in [2.45, 2.75) is 25.2 Å². The average Bonchev–Trinajstić information content (AvgIpc) is 2.74. The molecule has 1 aromatic carbocycles. The molecule has 0 radical (unpaired) electrons. The van der Waals surface area contributed by atoms with E-state index in [0.717, 1.165) is 0 Å². The molecule has 1 saturated heterocycles. The van der Waals surface area contributed by atoms with Crippen molar-refractivity contribution >= 4 is 46.8 Å². The Morgan fingerprint density at radius 3 is 2.58 bits per heavy atom. The number of hydrogen-bond donors (Lipinski definition) is 4. The van der Waals surface area contributed by atoms with Gasteiger partial charge in [-0.15, -0.1) is 0 Å². The van der Waals surface area contributed by atoms with E-state index in [9.17, 15) is 19.2 Å². The number of benzene rings is 1. The van der Waals surface area contributed by atoms with Gasteiger partial charge in [-0.05, 0) is 25.0 Å². The molecule has 1 unspecified atom stereocenters. The third-order valence-electron chi connectivity index (χ3n) is 5.58. The van der Waals surface area contributed by atoms with E-state index in [4.69, 9.17) is 17.3 Å². The van der Waals surface area contributed by atoms with Crippen molar-refractivity contribution in [3.63, 3.8) is 0 Å². The van der Waals surface area contributed by atoms with E-state index in [2.05, 4.69) is 20.6 Å². The lowest BCUT2D eigenvalue weighted by molar-refractivity contribution is -0.123. The van der Waals surface area contributed by atoms with Crippen LogP contribution in [0.25, 0.3) is 0 Å². The van der Waals surface area contributed by atoms with Gasteiger partial charge in [-0.2, -0.15) is 4.98 Å². The fourth-order valence-electron chi connectivity index (χ4n) is 3.89. The van der Waals surface area contributed by atoms with Gasteiger partial charge in [-0.3, -0.25) is 24.2 Å². The Kier molecular flexibility index (Phi) is 5.64. The molecule has 1 atom stereocenters. The number of carbonyl (C=O) groups is 3. The number of nitrogens with one attached hydrogen (secondary N) is 3. The van der Waals surface area contributed by atoms with Crippen molar-refractivity contribution in [2.24, 2.45) is 11.7 Å². The van der Waals surface area contributed by atoms with Gasteiger partial charge in [-0.1, -0.05) is 23.7 Å². The minimum absolute atomic E-state index is 0.0614. The van der Waals surface area contributed by atoms with Crippen molar-refractivity contribution in [3.05, 3.63) is 45.2 Å². The molecule has 0 saturated carbocycles. The van der Waals surface area contributed by atoms with Crippen LogP contribution in [0.15, 0.2) is 29.1 Å². The van der Waals surface area contributed by atoms with E-state index in [1.54, 1.807) is 24.3 Å². The summed E-state index contributed by atoms with van der Waals surface area (Å²) >= 11 is 6.10. The number of hydrogen-bond acceptors (Lipinski definition) is 6. The maximum absolute atomic E-state index is 12.9. The maximum Gasteiger partial charge on any atom is 0.258 e. The number of H-pyrrole nitrogens is 1. The number of primary amides is 1. The van der Waals surface area contributed by atoms with Crippen molar-refractivity contribution in [1.82, 2.24) is 9.97 Å². The van der Waals surface area contributed by atoms with Crippen LogP contribution in [0.4, 0.5) is 17.5 Å². The Labute approximate surface area is 182 Å². The molecule has 162 valence electrons. The summed E-state index contributed by atoms with van der Waals surface area (Å²) in [5.74, 6) is -2.16. The molecule has 1 fully saturated rings. The monoisotopic (exact) mass is 444 g/mol. The number of anilines is 3. The summed E-state index contributed by atoms with van der Waals surface area (Å²) in [6.45, 7) is 0.972. The van der Waals surface area contributed by atoms with E-state index >= 15 is 0 Å². The summed E-state index contributed by atoms with van der Waals surface area (Å²) in [6.07, 6.45) is 0.911. The lowest BCUT2D eigenvalue weighted by Crippen LogP contribution is -2.41. The number of piperidine rings is 1. The quantitative estimate of drug-likeness (QED) is 0.556. The lowest BCUT2D eigenvalue weighted by Gasteiger charge is -2.32. The number of nitrogens with zero attached hydrogens (tertiary/aromatic N) is 2. The maximum atomic E-state index is 12.9. The van der Waals surface area contributed by atoms with Gasteiger partial charge in [-0.25, -0.2) is 0 Å². The second-order valence-electron chi connectivity index (χ2n) is 7.59. The molecule has 2 aliphatic rings. The van der Waals surface area contributed by atoms with Crippen LogP contribution >= 0.6 is 11.6 Å². The number of nitrogens with two attached hydrogens (primary N) is 1. The molecule has 5 N–H and O–H groups in total. The topological polar surface area (TPSA) is 150 Å². The van der Waals surface area contributed by atoms with Gasteiger partial charge in [0.05, 0.1) is 22.2 Å². The van der Waals surface area contributed by atoms with Crippen LogP contribution in [0.1, 0.15) is 30.7 Å². The number of fused-ring (bicyclic) bond motifs is 1. The number of carbonyl (C=O) groups excluding carboxylic acids is 3. The lowest BCUT2D eigenvalue weighted by atomic mass is 9.92. The number of para-hydroxylation sites is 1. The minimum atomic E-state index is -1.01. The molecule has 0 bridgehead atoms. The molecule has 31 heavy (non-hydrogen) atoms. The molecule has 4 rings (SSSR count). The first-order valence-corrected chi connectivity index (χ1v) is 10.2. The molecule has 1 aromatic heterocycles. The minimum Gasteiger partial charge on any atom is -0.369 e. The standard InChI is InChI=1S/C20H21ClN6O4/c21-12-3-1-2-4-13(12)23-18(30)11-9-14(28)24-17-15(11)19(31)26-20(25-17)27-7-5-10(6-8-27)16(22)29/h1-4,10-11H,5-9H2,(H2,22,29)(H,23,30)(H2,24,25,26,28,31). The highest BCUT2D eigenvalue weighted by Crippen LogP contribution is 2.32. The zero-order valence-electron chi connectivity index (χ0n) is 16.5. The molecule has 0 aliphatic carbocycles. The van der Waals surface area contributed by atoms with E-state index in [1.165, 1.54) is 0 Å². The third kappa shape index (κ3) is 4.24. The first kappa shape index (κ1) is 20.9. The van der Waals surface area contributed by atoms with Crippen LogP contribution in [0, 0.1) is 5.92 Å². The molecule has 10 nitrogen and oxygen atoms in total.